The van der Waals surface area contributed by atoms with Gasteiger partial charge in [-0.25, -0.2) is 0 Å². The standard InChI is InChI=1S/C17H24BrNO2/c1-11-3-5-12(6-4-11)17(19-2)13-9-15-16(10-14(13)18)21-8-7-20-15/h9-12,17,19H,3-8H2,1-2H3. The van der Waals surface area contributed by atoms with E-state index in [9.17, 15) is 0 Å². The van der Waals surface area contributed by atoms with Crippen molar-refractivity contribution in [1.82, 2.24) is 5.32 Å². The van der Waals surface area contributed by atoms with Crippen molar-refractivity contribution in [2.45, 2.75) is 38.6 Å². The van der Waals surface area contributed by atoms with Crippen LogP contribution in [0, 0.1) is 11.8 Å². The quantitative estimate of drug-likeness (QED) is 0.878. The molecule has 1 unspecified atom stereocenters. The second-order valence-corrected chi connectivity index (χ2v) is 7.16. The number of hydrogen-bond acceptors (Lipinski definition) is 3. The molecule has 0 bridgehead atoms. The van der Waals surface area contributed by atoms with E-state index < -0.39 is 0 Å². The Morgan fingerprint density at radius 3 is 2.33 bits per heavy atom. The molecule has 1 aliphatic carbocycles. The van der Waals surface area contributed by atoms with E-state index in [1.54, 1.807) is 0 Å². The molecule has 3 rings (SSSR count). The Hall–Kier alpha value is -0.740. The maximum Gasteiger partial charge on any atom is 0.162 e. The lowest BCUT2D eigenvalue weighted by molar-refractivity contribution is 0.170. The predicted molar refractivity (Wildman–Crippen MR) is 88.1 cm³/mol. The molecule has 0 spiro atoms. The van der Waals surface area contributed by atoms with Gasteiger partial charge in [0.05, 0.1) is 0 Å². The number of nitrogens with one attached hydrogen (secondary N) is 1. The highest BCUT2D eigenvalue weighted by Gasteiger charge is 2.28. The fraction of sp³-hybridized carbons (Fsp3) is 0.647. The van der Waals surface area contributed by atoms with Gasteiger partial charge in [0.2, 0.25) is 0 Å². The van der Waals surface area contributed by atoms with Gasteiger partial charge in [0.25, 0.3) is 0 Å². The van der Waals surface area contributed by atoms with E-state index in [1.807, 2.05) is 0 Å². The summed E-state index contributed by atoms with van der Waals surface area (Å²) in [5, 5.41) is 3.52. The van der Waals surface area contributed by atoms with Crippen LogP contribution < -0.4 is 14.8 Å². The number of hydrogen-bond donors (Lipinski definition) is 1. The molecule has 2 aliphatic rings. The molecule has 3 nitrogen and oxygen atoms in total. The van der Waals surface area contributed by atoms with E-state index in [2.05, 4.69) is 47.4 Å². The van der Waals surface area contributed by atoms with Crippen molar-refractivity contribution in [3.05, 3.63) is 22.2 Å². The molecule has 1 saturated carbocycles. The van der Waals surface area contributed by atoms with Gasteiger partial charge in [-0.05, 0) is 49.4 Å². The van der Waals surface area contributed by atoms with E-state index in [0.717, 1.165) is 21.9 Å². The van der Waals surface area contributed by atoms with Crippen molar-refractivity contribution in [2.75, 3.05) is 20.3 Å². The molecular formula is C17H24BrNO2. The summed E-state index contributed by atoms with van der Waals surface area (Å²) in [6, 6.07) is 4.58. The second kappa shape index (κ2) is 6.57. The summed E-state index contributed by atoms with van der Waals surface area (Å²) < 4.78 is 12.5. The van der Waals surface area contributed by atoms with Gasteiger partial charge in [0.15, 0.2) is 11.5 Å². The highest BCUT2D eigenvalue weighted by molar-refractivity contribution is 9.10. The Morgan fingerprint density at radius 2 is 1.71 bits per heavy atom. The number of halogens is 1. The van der Waals surface area contributed by atoms with Crippen molar-refractivity contribution in [2.24, 2.45) is 11.8 Å². The number of benzene rings is 1. The second-order valence-electron chi connectivity index (χ2n) is 6.30. The van der Waals surface area contributed by atoms with Crippen molar-refractivity contribution >= 4 is 15.9 Å². The Bertz CT molecular complexity index is 498. The molecule has 1 N–H and O–H groups in total. The topological polar surface area (TPSA) is 30.5 Å². The lowest BCUT2D eigenvalue weighted by atomic mass is 9.77. The minimum atomic E-state index is 0.378. The first-order chi connectivity index (χ1) is 10.2. The maximum atomic E-state index is 5.74. The zero-order chi connectivity index (χ0) is 14.8. The molecule has 0 amide bonds. The van der Waals surface area contributed by atoms with Gasteiger partial charge in [-0.1, -0.05) is 35.7 Å². The number of fused-ring (bicyclic) bond motifs is 1. The third kappa shape index (κ3) is 3.21. The highest BCUT2D eigenvalue weighted by Crippen LogP contribution is 2.43. The summed E-state index contributed by atoms with van der Waals surface area (Å²) in [5.74, 6) is 3.31. The van der Waals surface area contributed by atoms with E-state index in [1.165, 1.54) is 31.2 Å². The van der Waals surface area contributed by atoms with Crippen LogP contribution in [0.2, 0.25) is 0 Å². The zero-order valence-electron chi connectivity index (χ0n) is 12.8. The normalized spacial score (nSPS) is 26.4. The largest absolute Gasteiger partial charge is 0.486 e. The van der Waals surface area contributed by atoms with Crippen LogP contribution in [0.5, 0.6) is 11.5 Å². The molecule has 0 saturated heterocycles. The Labute approximate surface area is 135 Å². The summed E-state index contributed by atoms with van der Waals surface area (Å²) in [4.78, 5) is 0. The summed E-state index contributed by atoms with van der Waals surface area (Å²) in [6.07, 6.45) is 5.27. The van der Waals surface area contributed by atoms with Crippen molar-refractivity contribution in [1.29, 1.82) is 0 Å². The summed E-state index contributed by atoms with van der Waals surface area (Å²) in [7, 11) is 2.06. The third-order valence-electron chi connectivity index (χ3n) is 4.84. The molecule has 21 heavy (non-hydrogen) atoms. The average molecular weight is 354 g/mol. The van der Waals surface area contributed by atoms with Crippen LogP contribution >= 0.6 is 15.9 Å². The molecule has 1 heterocycles. The van der Waals surface area contributed by atoms with Gasteiger partial charge < -0.3 is 14.8 Å². The first kappa shape index (κ1) is 15.2. The molecule has 0 radical (unpaired) electrons. The first-order valence-corrected chi connectivity index (χ1v) is 8.74. The lowest BCUT2D eigenvalue weighted by Crippen LogP contribution is -2.29. The van der Waals surface area contributed by atoms with Crippen LogP contribution in [0.15, 0.2) is 16.6 Å². The third-order valence-corrected chi connectivity index (χ3v) is 5.53. The van der Waals surface area contributed by atoms with Crippen LogP contribution in [-0.2, 0) is 0 Å². The molecule has 4 heteroatoms. The Kier molecular flexibility index (Phi) is 4.75. The Morgan fingerprint density at radius 1 is 1.10 bits per heavy atom. The van der Waals surface area contributed by atoms with Crippen LogP contribution in [0.25, 0.3) is 0 Å². The molecular weight excluding hydrogens is 330 g/mol. The predicted octanol–water partition coefficient (Wildman–Crippen LogP) is 4.31. The molecule has 0 aromatic heterocycles. The van der Waals surface area contributed by atoms with Crippen LogP contribution in [0.1, 0.15) is 44.2 Å². The van der Waals surface area contributed by atoms with E-state index in [-0.39, 0.29) is 0 Å². The van der Waals surface area contributed by atoms with Crippen LogP contribution in [0.4, 0.5) is 0 Å². The minimum absolute atomic E-state index is 0.378. The van der Waals surface area contributed by atoms with Crippen molar-refractivity contribution < 1.29 is 9.47 Å². The number of rotatable bonds is 3. The van der Waals surface area contributed by atoms with Gasteiger partial charge >= 0.3 is 0 Å². The van der Waals surface area contributed by atoms with Gasteiger partial charge in [-0.2, -0.15) is 0 Å². The first-order valence-electron chi connectivity index (χ1n) is 7.95. The Balaban J connectivity index is 1.86. The smallest absolute Gasteiger partial charge is 0.162 e. The molecule has 116 valence electrons. The lowest BCUT2D eigenvalue weighted by Gasteiger charge is -2.34. The van der Waals surface area contributed by atoms with Gasteiger partial charge in [-0.15, -0.1) is 0 Å². The fourth-order valence-electron chi connectivity index (χ4n) is 3.58. The van der Waals surface area contributed by atoms with Crippen molar-refractivity contribution in [3.63, 3.8) is 0 Å². The average Bonchev–Trinajstić information content (AvgIpc) is 2.50. The molecule has 1 atom stereocenters. The summed E-state index contributed by atoms with van der Waals surface area (Å²) in [6.45, 7) is 3.64. The minimum Gasteiger partial charge on any atom is -0.486 e. The number of ether oxygens (including phenoxy) is 2. The highest BCUT2D eigenvalue weighted by atomic mass is 79.9. The van der Waals surface area contributed by atoms with E-state index in [0.29, 0.717) is 25.2 Å². The summed E-state index contributed by atoms with van der Waals surface area (Å²) in [5.41, 5.74) is 1.29. The summed E-state index contributed by atoms with van der Waals surface area (Å²) >= 11 is 3.72. The molecule has 1 aromatic carbocycles. The monoisotopic (exact) mass is 353 g/mol. The zero-order valence-corrected chi connectivity index (χ0v) is 14.4. The fourth-order valence-corrected chi connectivity index (χ4v) is 4.15. The van der Waals surface area contributed by atoms with Crippen LogP contribution in [0.3, 0.4) is 0 Å². The maximum absolute atomic E-state index is 5.74. The molecule has 1 aromatic rings. The molecule has 1 fully saturated rings. The van der Waals surface area contributed by atoms with Crippen LogP contribution in [-0.4, -0.2) is 20.3 Å². The molecule has 1 aliphatic heterocycles. The van der Waals surface area contributed by atoms with Gasteiger partial charge in [0.1, 0.15) is 13.2 Å². The van der Waals surface area contributed by atoms with Gasteiger partial charge in [-0.3, -0.25) is 0 Å². The SMILES string of the molecule is CNC(c1cc2c(cc1Br)OCCO2)C1CCC(C)CC1. The van der Waals surface area contributed by atoms with E-state index >= 15 is 0 Å². The van der Waals surface area contributed by atoms with Crippen molar-refractivity contribution in [3.8, 4) is 11.5 Å². The van der Waals surface area contributed by atoms with Gasteiger partial charge in [0, 0.05) is 10.5 Å². The van der Waals surface area contributed by atoms with E-state index in [4.69, 9.17) is 9.47 Å².